The zero-order chi connectivity index (χ0) is 13.0. The molecule has 0 radical (unpaired) electrons. The standard InChI is InChI=1S/C14H27N3O/c1-3-15(4-2)14(18)17-11-9-16(10-12-17)13-7-5-6-8-13/h13H,3-12H2,1-2H3. The lowest BCUT2D eigenvalue weighted by molar-refractivity contribution is 0.0936. The summed E-state index contributed by atoms with van der Waals surface area (Å²) in [6, 6.07) is 1.03. The van der Waals surface area contributed by atoms with Crippen LogP contribution in [0, 0.1) is 0 Å². The molecule has 4 heteroatoms. The lowest BCUT2D eigenvalue weighted by atomic mass is 10.2. The molecule has 2 fully saturated rings. The first-order chi connectivity index (χ1) is 8.76. The van der Waals surface area contributed by atoms with Gasteiger partial charge in [-0.2, -0.15) is 0 Å². The van der Waals surface area contributed by atoms with Crippen LogP contribution in [0.2, 0.25) is 0 Å². The Morgan fingerprint density at radius 3 is 2.11 bits per heavy atom. The van der Waals surface area contributed by atoms with Crippen LogP contribution in [0.5, 0.6) is 0 Å². The van der Waals surface area contributed by atoms with Crippen LogP contribution in [0.3, 0.4) is 0 Å². The second-order valence-corrected chi connectivity index (χ2v) is 5.42. The van der Waals surface area contributed by atoms with Crippen molar-refractivity contribution in [2.45, 2.75) is 45.6 Å². The van der Waals surface area contributed by atoms with Crippen LogP contribution in [0.1, 0.15) is 39.5 Å². The van der Waals surface area contributed by atoms with Crippen molar-refractivity contribution in [2.75, 3.05) is 39.3 Å². The van der Waals surface area contributed by atoms with Crippen LogP contribution in [0.15, 0.2) is 0 Å². The second kappa shape index (κ2) is 6.41. The van der Waals surface area contributed by atoms with Gasteiger partial charge in [-0.05, 0) is 26.7 Å². The zero-order valence-electron chi connectivity index (χ0n) is 11.9. The van der Waals surface area contributed by atoms with Crippen LogP contribution in [-0.2, 0) is 0 Å². The van der Waals surface area contributed by atoms with Gasteiger partial charge < -0.3 is 9.80 Å². The topological polar surface area (TPSA) is 26.8 Å². The number of hydrogen-bond acceptors (Lipinski definition) is 2. The molecular formula is C14H27N3O. The molecule has 104 valence electrons. The van der Waals surface area contributed by atoms with Crippen LogP contribution in [0.4, 0.5) is 4.79 Å². The minimum atomic E-state index is 0.228. The number of nitrogens with zero attached hydrogens (tertiary/aromatic N) is 3. The van der Waals surface area contributed by atoms with Gasteiger partial charge in [-0.3, -0.25) is 4.90 Å². The van der Waals surface area contributed by atoms with Crippen molar-refractivity contribution in [3.63, 3.8) is 0 Å². The third-order valence-electron chi connectivity index (χ3n) is 4.46. The largest absolute Gasteiger partial charge is 0.325 e. The van der Waals surface area contributed by atoms with E-state index in [0.29, 0.717) is 0 Å². The van der Waals surface area contributed by atoms with Crippen molar-refractivity contribution in [2.24, 2.45) is 0 Å². The predicted molar refractivity (Wildman–Crippen MR) is 73.7 cm³/mol. The first kappa shape index (κ1) is 13.7. The zero-order valence-corrected chi connectivity index (χ0v) is 11.9. The molecule has 1 aliphatic carbocycles. The van der Waals surface area contributed by atoms with E-state index >= 15 is 0 Å². The van der Waals surface area contributed by atoms with E-state index in [0.717, 1.165) is 45.3 Å². The van der Waals surface area contributed by atoms with Crippen LogP contribution < -0.4 is 0 Å². The first-order valence-corrected chi connectivity index (χ1v) is 7.54. The number of urea groups is 1. The Kier molecular flexibility index (Phi) is 4.87. The molecule has 0 aromatic heterocycles. The van der Waals surface area contributed by atoms with E-state index in [4.69, 9.17) is 0 Å². The molecule has 0 aromatic carbocycles. The molecule has 1 heterocycles. The summed E-state index contributed by atoms with van der Waals surface area (Å²) in [5.74, 6) is 0. The van der Waals surface area contributed by atoms with Crippen LogP contribution >= 0.6 is 0 Å². The third-order valence-corrected chi connectivity index (χ3v) is 4.46. The van der Waals surface area contributed by atoms with Crippen LogP contribution in [0.25, 0.3) is 0 Å². The predicted octanol–water partition coefficient (Wildman–Crippen LogP) is 2.01. The minimum Gasteiger partial charge on any atom is -0.325 e. The van der Waals surface area contributed by atoms with Crippen molar-refractivity contribution in [1.29, 1.82) is 0 Å². The molecule has 1 saturated heterocycles. The highest BCUT2D eigenvalue weighted by molar-refractivity contribution is 5.74. The summed E-state index contributed by atoms with van der Waals surface area (Å²) in [5.41, 5.74) is 0. The van der Waals surface area contributed by atoms with Crippen molar-refractivity contribution in [3.05, 3.63) is 0 Å². The van der Waals surface area contributed by atoms with Crippen molar-refractivity contribution >= 4 is 6.03 Å². The number of piperazine rings is 1. The van der Waals surface area contributed by atoms with Gasteiger partial charge in [0, 0.05) is 45.3 Å². The van der Waals surface area contributed by atoms with E-state index in [-0.39, 0.29) is 6.03 Å². The van der Waals surface area contributed by atoms with Gasteiger partial charge in [0.1, 0.15) is 0 Å². The molecule has 2 amide bonds. The maximum atomic E-state index is 12.2. The molecule has 4 nitrogen and oxygen atoms in total. The van der Waals surface area contributed by atoms with Gasteiger partial charge in [-0.25, -0.2) is 4.79 Å². The fraction of sp³-hybridized carbons (Fsp3) is 0.929. The maximum absolute atomic E-state index is 12.2. The van der Waals surface area contributed by atoms with Gasteiger partial charge in [0.25, 0.3) is 0 Å². The molecule has 0 spiro atoms. The lowest BCUT2D eigenvalue weighted by Crippen LogP contribution is -2.54. The first-order valence-electron chi connectivity index (χ1n) is 7.54. The molecule has 18 heavy (non-hydrogen) atoms. The molecule has 0 aromatic rings. The van der Waals surface area contributed by atoms with E-state index in [1.165, 1.54) is 25.7 Å². The quantitative estimate of drug-likeness (QED) is 0.769. The average Bonchev–Trinajstić information content (AvgIpc) is 2.94. The molecule has 0 unspecified atom stereocenters. The molecule has 0 N–H and O–H groups in total. The Morgan fingerprint density at radius 2 is 1.61 bits per heavy atom. The third kappa shape index (κ3) is 2.97. The minimum absolute atomic E-state index is 0.228. The highest BCUT2D eigenvalue weighted by Gasteiger charge is 2.28. The molecule has 1 aliphatic heterocycles. The molecule has 0 atom stereocenters. The van der Waals surface area contributed by atoms with E-state index in [9.17, 15) is 4.79 Å². The highest BCUT2D eigenvalue weighted by atomic mass is 16.2. The van der Waals surface area contributed by atoms with Gasteiger partial charge in [0.15, 0.2) is 0 Å². The monoisotopic (exact) mass is 253 g/mol. The summed E-state index contributed by atoms with van der Waals surface area (Å²) in [4.78, 5) is 18.8. The van der Waals surface area contributed by atoms with Crippen molar-refractivity contribution in [3.8, 4) is 0 Å². The summed E-state index contributed by atoms with van der Waals surface area (Å²) in [7, 11) is 0. The molecule has 2 aliphatic rings. The van der Waals surface area contributed by atoms with Gasteiger partial charge >= 0.3 is 6.03 Å². The van der Waals surface area contributed by atoms with Gasteiger partial charge in [-0.1, -0.05) is 12.8 Å². The van der Waals surface area contributed by atoms with Gasteiger partial charge in [0.2, 0.25) is 0 Å². The maximum Gasteiger partial charge on any atom is 0.320 e. The summed E-state index contributed by atoms with van der Waals surface area (Å²) in [5, 5.41) is 0. The fourth-order valence-corrected chi connectivity index (χ4v) is 3.24. The summed E-state index contributed by atoms with van der Waals surface area (Å²) < 4.78 is 0. The number of carbonyl (C=O) groups excluding carboxylic acids is 1. The van der Waals surface area contributed by atoms with Crippen molar-refractivity contribution in [1.82, 2.24) is 14.7 Å². The Labute approximate surface area is 111 Å². The lowest BCUT2D eigenvalue weighted by Gasteiger charge is -2.39. The molecule has 0 bridgehead atoms. The normalized spacial score (nSPS) is 22.4. The smallest absolute Gasteiger partial charge is 0.320 e. The number of carbonyl (C=O) groups is 1. The summed E-state index contributed by atoms with van der Waals surface area (Å²) >= 11 is 0. The van der Waals surface area contributed by atoms with E-state index in [2.05, 4.69) is 18.7 Å². The number of amides is 2. The van der Waals surface area contributed by atoms with E-state index in [1.807, 2.05) is 9.80 Å². The number of hydrogen-bond donors (Lipinski definition) is 0. The fourth-order valence-electron chi connectivity index (χ4n) is 3.24. The highest BCUT2D eigenvalue weighted by Crippen LogP contribution is 2.24. The average molecular weight is 253 g/mol. The summed E-state index contributed by atoms with van der Waals surface area (Å²) in [6.07, 6.45) is 5.51. The number of rotatable bonds is 3. The van der Waals surface area contributed by atoms with Crippen molar-refractivity contribution < 1.29 is 4.79 Å². The molecule has 2 rings (SSSR count). The van der Waals surface area contributed by atoms with Gasteiger partial charge in [0.05, 0.1) is 0 Å². The Balaban J connectivity index is 1.80. The molecular weight excluding hydrogens is 226 g/mol. The second-order valence-electron chi connectivity index (χ2n) is 5.42. The SMILES string of the molecule is CCN(CC)C(=O)N1CCN(C2CCCC2)CC1. The van der Waals surface area contributed by atoms with E-state index in [1.54, 1.807) is 0 Å². The van der Waals surface area contributed by atoms with Crippen LogP contribution in [-0.4, -0.2) is 66.0 Å². The molecule has 1 saturated carbocycles. The van der Waals surface area contributed by atoms with E-state index < -0.39 is 0 Å². The Hall–Kier alpha value is -0.770. The van der Waals surface area contributed by atoms with Gasteiger partial charge in [-0.15, -0.1) is 0 Å². The summed E-state index contributed by atoms with van der Waals surface area (Å²) in [6.45, 7) is 9.69. The Bertz CT molecular complexity index is 264. The Morgan fingerprint density at radius 1 is 1.06 bits per heavy atom.